The summed E-state index contributed by atoms with van der Waals surface area (Å²) in [4.78, 5) is 0. The first-order chi connectivity index (χ1) is 11.1. The number of oxime groups is 1. The van der Waals surface area contributed by atoms with Crippen LogP contribution in [-0.2, 0) is 4.57 Å². The SMILES string of the molecule is C#CCNC(/C(C)=N/O)P(=O)(c1ccccc1)c1ccccc1. The van der Waals surface area contributed by atoms with E-state index >= 15 is 0 Å². The minimum atomic E-state index is -3.13. The van der Waals surface area contributed by atoms with Crippen LogP contribution in [0.25, 0.3) is 0 Å². The van der Waals surface area contributed by atoms with Crippen molar-refractivity contribution in [2.75, 3.05) is 6.54 Å². The van der Waals surface area contributed by atoms with Crippen molar-refractivity contribution in [3.63, 3.8) is 0 Å². The lowest BCUT2D eigenvalue weighted by molar-refractivity contribution is 0.317. The summed E-state index contributed by atoms with van der Waals surface area (Å²) in [7, 11) is -3.13. The van der Waals surface area contributed by atoms with Crippen molar-refractivity contribution in [1.82, 2.24) is 5.32 Å². The van der Waals surface area contributed by atoms with Gasteiger partial charge >= 0.3 is 0 Å². The molecule has 4 nitrogen and oxygen atoms in total. The Morgan fingerprint density at radius 3 is 2.04 bits per heavy atom. The molecule has 2 rings (SSSR count). The van der Waals surface area contributed by atoms with E-state index in [-0.39, 0.29) is 6.54 Å². The van der Waals surface area contributed by atoms with Crippen LogP contribution in [0.3, 0.4) is 0 Å². The summed E-state index contributed by atoms with van der Waals surface area (Å²) < 4.78 is 14.1. The van der Waals surface area contributed by atoms with E-state index in [0.717, 1.165) is 0 Å². The molecule has 0 radical (unpaired) electrons. The van der Waals surface area contributed by atoms with Gasteiger partial charge in [-0.05, 0) is 6.92 Å². The van der Waals surface area contributed by atoms with Crippen molar-refractivity contribution in [3.8, 4) is 12.3 Å². The molecule has 0 saturated heterocycles. The van der Waals surface area contributed by atoms with Crippen LogP contribution in [0.4, 0.5) is 0 Å². The van der Waals surface area contributed by atoms with Gasteiger partial charge < -0.3 is 9.77 Å². The Kier molecular flexibility index (Phi) is 5.76. The first-order valence-corrected chi connectivity index (χ1v) is 8.98. The monoisotopic (exact) mass is 326 g/mol. The summed E-state index contributed by atoms with van der Waals surface area (Å²) >= 11 is 0. The zero-order chi connectivity index (χ0) is 16.7. The molecule has 0 amide bonds. The molecule has 1 atom stereocenters. The summed E-state index contributed by atoms with van der Waals surface area (Å²) in [6.45, 7) is 1.86. The van der Waals surface area contributed by atoms with Crippen LogP contribution >= 0.6 is 7.14 Å². The fourth-order valence-electron chi connectivity index (χ4n) is 2.50. The molecule has 2 N–H and O–H groups in total. The summed E-state index contributed by atoms with van der Waals surface area (Å²) in [5.74, 6) is 1.81. The summed E-state index contributed by atoms with van der Waals surface area (Å²) in [6.07, 6.45) is 5.33. The standard InChI is InChI=1S/C18H19N2O2P/c1-3-14-19-18(15(2)20-21)23(22,16-10-6-4-7-11-16)17-12-8-5-9-13-17/h1,4-13,18-19,21H,14H2,2H3/b20-15+. The van der Waals surface area contributed by atoms with Crippen LogP contribution in [0.5, 0.6) is 0 Å². The molecule has 5 heteroatoms. The largest absolute Gasteiger partial charge is 0.411 e. The van der Waals surface area contributed by atoms with Crippen molar-refractivity contribution in [3.05, 3.63) is 60.7 Å². The van der Waals surface area contributed by atoms with Gasteiger partial charge in [0.25, 0.3) is 0 Å². The van der Waals surface area contributed by atoms with Gasteiger partial charge in [0.15, 0.2) is 7.14 Å². The molecule has 0 fully saturated rings. The molecule has 2 aromatic carbocycles. The molecular formula is C18H19N2O2P. The number of nitrogens with zero attached hydrogens (tertiary/aromatic N) is 1. The second kappa shape index (κ2) is 7.78. The Bertz CT molecular complexity index is 708. The van der Waals surface area contributed by atoms with E-state index in [2.05, 4.69) is 16.4 Å². The van der Waals surface area contributed by atoms with E-state index < -0.39 is 12.9 Å². The van der Waals surface area contributed by atoms with E-state index in [9.17, 15) is 9.77 Å². The van der Waals surface area contributed by atoms with Crippen LogP contribution in [0.2, 0.25) is 0 Å². The minimum absolute atomic E-state index is 0.223. The summed E-state index contributed by atoms with van der Waals surface area (Å²) in [6, 6.07) is 18.4. The van der Waals surface area contributed by atoms with Crippen molar-refractivity contribution < 1.29 is 9.77 Å². The lowest BCUT2D eigenvalue weighted by Gasteiger charge is -2.28. The number of rotatable bonds is 6. The van der Waals surface area contributed by atoms with Crippen molar-refractivity contribution in [2.45, 2.75) is 12.7 Å². The Morgan fingerprint density at radius 2 is 1.65 bits per heavy atom. The molecule has 2 aromatic rings. The highest BCUT2D eigenvalue weighted by atomic mass is 31.2. The lowest BCUT2D eigenvalue weighted by atomic mass is 10.4. The lowest BCUT2D eigenvalue weighted by Crippen LogP contribution is -2.41. The van der Waals surface area contributed by atoms with Crippen molar-refractivity contribution in [1.29, 1.82) is 0 Å². The normalized spacial score (nSPS) is 13.3. The molecule has 0 aliphatic carbocycles. The first kappa shape index (κ1) is 17.0. The van der Waals surface area contributed by atoms with E-state index in [4.69, 9.17) is 6.42 Å². The zero-order valence-corrected chi connectivity index (χ0v) is 13.8. The molecule has 1 unspecified atom stereocenters. The third kappa shape index (κ3) is 3.53. The second-order valence-electron chi connectivity index (χ2n) is 5.06. The highest BCUT2D eigenvalue weighted by molar-refractivity contribution is 7.80. The van der Waals surface area contributed by atoms with Gasteiger partial charge in [0.2, 0.25) is 0 Å². The van der Waals surface area contributed by atoms with Crippen LogP contribution in [0, 0.1) is 12.3 Å². The van der Waals surface area contributed by atoms with Crippen molar-refractivity contribution in [2.24, 2.45) is 5.16 Å². The molecular weight excluding hydrogens is 307 g/mol. The summed E-state index contributed by atoms with van der Waals surface area (Å²) in [5, 5.41) is 16.9. The predicted molar refractivity (Wildman–Crippen MR) is 95.3 cm³/mol. The molecule has 0 aromatic heterocycles. The van der Waals surface area contributed by atoms with E-state index in [0.29, 0.717) is 16.3 Å². The minimum Gasteiger partial charge on any atom is -0.411 e. The smallest absolute Gasteiger partial charge is 0.164 e. The molecule has 118 valence electrons. The molecule has 0 saturated carbocycles. The van der Waals surface area contributed by atoms with Gasteiger partial charge in [-0.25, -0.2) is 0 Å². The van der Waals surface area contributed by atoms with Gasteiger partial charge in [-0.1, -0.05) is 71.7 Å². The number of benzene rings is 2. The van der Waals surface area contributed by atoms with Crippen LogP contribution < -0.4 is 15.9 Å². The highest BCUT2D eigenvalue weighted by Gasteiger charge is 2.38. The quantitative estimate of drug-likeness (QED) is 0.282. The highest BCUT2D eigenvalue weighted by Crippen LogP contribution is 2.47. The zero-order valence-electron chi connectivity index (χ0n) is 12.9. The van der Waals surface area contributed by atoms with Crippen LogP contribution in [-0.4, -0.2) is 23.2 Å². The van der Waals surface area contributed by atoms with Crippen LogP contribution in [0.15, 0.2) is 65.8 Å². The van der Waals surface area contributed by atoms with Gasteiger partial charge in [0, 0.05) is 10.6 Å². The van der Waals surface area contributed by atoms with Gasteiger partial charge in [0.1, 0.15) is 5.78 Å². The van der Waals surface area contributed by atoms with Crippen LogP contribution in [0.1, 0.15) is 6.92 Å². The third-order valence-electron chi connectivity index (χ3n) is 3.59. The van der Waals surface area contributed by atoms with Gasteiger partial charge in [-0.3, -0.25) is 5.32 Å². The summed E-state index contributed by atoms with van der Waals surface area (Å²) in [5.41, 5.74) is 0.330. The second-order valence-corrected chi connectivity index (χ2v) is 7.92. The van der Waals surface area contributed by atoms with E-state index in [1.807, 2.05) is 60.7 Å². The molecule has 0 heterocycles. The van der Waals surface area contributed by atoms with E-state index in [1.54, 1.807) is 6.92 Å². The number of hydrogen-bond acceptors (Lipinski definition) is 4. The topological polar surface area (TPSA) is 61.7 Å². The molecule has 23 heavy (non-hydrogen) atoms. The average molecular weight is 326 g/mol. The van der Waals surface area contributed by atoms with Gasteiger partial charge in [0.05, 0.1) is 12.3 Å². The first-order valence-electron chi connectivity index (χ1n) is 7.21. The van der Waals surface area contributed by atoms with Gasteiger partial charge in [-0.2, -0.15) is 0 Å². The van der Waals surface area contributed by atoms with E-state index in [1.165, 1.54) is 0 Å². The average Bonchev–Trinajstić information content (AvgIpc) is 2.62. The predicted octanol–water partition coefficient (Wildman–Crippen LogP) is 2.40. The van der Waals surface area contributed by atoms with Crippen molar-refractivity contribution >= 4 is 23.5 Å². The van der Waals surface area contributed by atoms with Gasteiger partial charge in [-0.15, -0.1) is 6.42 Å². The number of nitrogens with one attached hydrogen (secondary N) is 1. The maximum atomic E-state index is 14.1. The Labute approximate surface area is 136 Å². The molecule has 0 aliphatic heterocycles. The number of terminal acetylenes is 1. The Hall–Kier alpha value is -2.34. The number of hydrogen-bond donors (Lipinski definition) is 2. The maximum Gasteiger partial charge on any atom is 0.164 e. The third-order valence-corrected chi connectivity index (χ3v) is 7.01. The maximum absolute atomic E-state index is 14.1. The Morgan fingerprint density at radius 1 is 1.17 bits per heavy atom. The molecule has 0 spiro atoms. The fourth-order valence-corrected chi connectivity index (χ4v) is 5.55. The molecule has 0 aliphatic rings. The fraction of sp³-hybridized carbons (Fsp3) is 0.167. The Balaban J connectivity index is 2.66. The molecule has 0 bridgehead atoms.